The molecule has 5 heteroatoms. The maximum Gasteiger partial charge on any atom is 0.436 e. The van der Waals surface area contributed by atoms with Crippen LogP contribution in [0, 0.1) is 11.8 Å². The van der Waals surface area contributed by atoms with Gasteiger partial charge < -0.3 is 5.73 Å². The van der Waals surface area contributed by atoms with E-state index in [2.05, 4.69) is 43.3 Å². The largest absolute Gasteiger partial charge is 0.436 e. The van der Waals surface area contributed by atoms with E-state index in [1.54, 1.807) is 0 Å². The minimum atomic E-state index is -0.909. The summed E-state index contributed by atoms with van der Waals surface area (Å²) in [5.41, 5.74) is 4.68. The fourth-order valence-corrected chi connectivity index (χ4v) is 0.985. The number of amides is 1. The maximum absolute atomic E-state index is 10.1. The highest BCUT2D eigenvalue weighted by atomic mass is 79.9. The SMILES string of the molecule is NC(=O)OOCCCCCC#CCBr. The molecule has 0 aliphatic heterocycles. The highest BCUT2D eigenvalue weighted by Crippen LogP contribution is 1.99. The lowest BCUT2D eigenvalue weighted by atomic mass is 10.2. The first kappa shape index (κ1) is 13.3. The number of carbonyl (C=O) groups is 1. The number of unbranched alkanes of at least 4 members (excludes halogenated alkanes) is 3. The van der Waals surface area contributed by atoms with Crippen LogP contribution in [-0.2, 0) is 9.78 Å². The summed E-state index contributed by atoms with van der Waals surface area (Å²) in [5, 5.41) is 0.725. The lowest BCUT2D eigenvalue weighted by Crippen LogP contribution is -2.13. The van der Waals surface area contributed by atoms with Crippen molar-refractivity contribution in [2.45, 2.75) is 25.7 Å². The second kappa shape index (κ2) is 10.4. The minimum Gasteiger partial charge on any atom is -0.333 e. The van der Waals surface area contributed by atoms with Crippen molar-refractivity contribution in [3.05, 3.63) is 0 Å². The molecule has 4 nitrogen and oxygen atoms in total. The lowest BCUT2D eigenvalue weighted by molar-refractivity contribution is -0.236. The van der Waals surface area contributed by atoms with Gasteiger partial charge in [0.15, 0.2) is 0 Å². The zero-order valence-corrected chi connectivity index (χ0v) is 9.51. The number of carbonyl (C=O) groups excluding carboxylic acids is 1. The molecule has 0 fully saturated rings. The number of primary amides is 1. The molecule has 0 radical (unpaired) electrons. The summed E-state index contributed by atoms with van der Waals surface area (Å²) in [6, 6.07) is 0. The quantitative estimate of drug-likeness (QED) is 0.262. The molecule has 0 saturated heterocycles. The average molecular weight is 264 g/mol. The van der Waals surface area contributed by atoms with Gasteiger partial charge in [-0.2, -0.15) is 4.89 Å². The van der Waals surface area contributed by atoms with Crippen LogP contribution in [0.3, 0.4) is 0 Å². The van der Waals surface area contributed by atoms with Gasteiger partial charge in [0.25, 0.3) is 0 Å². The van der Waals surface area contributed by atoms with Gasteiger partial charge in [-0.15, -0.1) is 5.92 Å². The summed E-state index contributed by atoms with van der Waals surface area (Å²) in [4.78, 5) is 18.7. The Labute approximate surface area is 92.2 Å². The maximum atomic E-state index is 10.1. The number of rotatable bonds is 6. The van der Waals surface area contributed by atoms with Crippen LogP contribution in [0.15, 0.2) is 0 Å². The summed E-state index contributed by atoms with van der Waals surface area (Å²) < 4.78 is 0. The Bertz CT molecular complexity index is 210. The standard InChI is InChI=1S/C9H14BrNO3/c10-7-5-3-1-2-4-6-8-13-14-9(11)12/h1-2,4,6-8H2,(H2,11,12). The molecule has 1 amide bonds. The third-order valence-electron chi connectivity index (χ3n) is 1.36. The van der Waals surface area contributed by atoms with Gasteiger partial charge in [0.2, 0.25) is 0 Å². The molecule has 80 valence electrons. The van der Waals surface area contributed by atoms with E-state index in [0.717, 1.165) is 31.0 Å². The Hall–Kier alpha value is -0.730. The molecule has 0 heterocycles. The van der Waals surface area contributed by atoms with Gasteiger partial charge in [0.05, 0.1) is 11.9 Å². The Balaban J connectivity index is 3.03. The first-order valence-electron chi connectivity index (χ1n) is 4.38. The molecule has 0 aromatic heterocycles. The fourth-order valence-electron chi connectivity index (χ4n) is 0.787. The van der Waals surface area contributed by atoms with Gasteiger partial charge >= 0.3 is 6.09 Å². The van der Waals surface area contributed by atoms with Crippen LogP contribution in [0.25, 0.3) is 0 Å². The zero-order valence-electron chi connectivity index (χ0n) is 7.92. The number of hydrogen-bond acceptors (Lipinski definition) is 3. The molecule has 0 unspecified atom stereocenters. The predicted molar refractivity (Wildman–Crippen MR) is 56.7 cm³/mol. The Morgan fingerprint density at radius 3 is 2.71 bits per heavy atom. The van der Waals surface area contributed by atoms with E-state index in [0.29, 0.717) is 6.61 Å². The summed E-state index contributed by atoms with van der Waals surface area (Å²) >= 11 is 3.21. The van der Waals surface area contributed by atoms with Crippen molar-refractivity contribution in [1.82, 2.24) is 0 Å². The number of alkyl halides is 1. The van der Waals surface area contributed by atoms with Gasteiger partial charge in [0.1, 0.15) is 0 Å². The highest BCUT2D eigenvalue weighted by molar-refractivity contribution is 9.09. The topological polar surface area (TPSA) is 61.6 Å². The normalized spacial score (nSPS) is 8.93. The van der Waals surface area contributed by atoms with Gasteiger partial charge in [-0.3, -0.25) is 4.89 Å². The van der Waals surface area contributed by atoms with Crippen molar-refractivity contribution in [3.63, 3.8) is 0 Å². The van der Waals surface area contributed by atoms with Gasteiger partial charge in [-0.1, -0.05) is 28.3 Å². The van der Waals surface area contributed by atoms with Crippen LogP contribution in [0.4, 0.5) is 4.79 Å². The van der Waals surface area contributed by atoms with E-state index >= 15 is 0 Å². The van der Waals surface area contributed by atoms with E-state index in [1.165, 1.54) is 0 Å². The molecule has 0 bridgehead atoms. The molecule has 0 aromatic carbocycles. The molecule has 0 atom stereocenters. The molecule has 0 aromatic rings. The van der Waals surface area contributed by atoms with E-state index in [-0.39, 0.29) is 0 Å². The van der Waals surface area contributed by atoms with E-state index in [1.807, 2.05) is 0 Å². The molecule has 14 heavy (non-hydrogen) atoms. The van der Waals surface area contributed by atoms with Crippen molar-refractivity contribution in [2.24, 2.45) is 5.73 Å². The fraction of sp³-hybridized carbons (Fsp3) is 0.667. The summed E-state index contributed by atoms with van der Waals surface area (Å²) in [6.45, 7) is 0.384. The average Bonchev–Trinajstić information content (AvgIpc) is 2.15. The second-order valence-corrected chi connectivity index (χ2v) is 3.08. The summed E-state index contributed by atoms with van der Waals surface area (Å²) in [5.74, 6) is 5.92. The summed E-state index contributed by atoms with van der Waals surface area (Å²) in [6.07, 6.45) is 2.85. The molecule has 2 N–H and O–H groups in total. The van der Waals surface area contributed by atoms with Crippen LogP contribution in [0.1, 0.15) is 25.7 Å². The smallest absolute Gasteiger partial charge is 0.333 e. The second-order valence-electron chi connectivity index (χ2n) is 2.52. The van der Waals surface area contributed by atoms with Crippen molar-refractivity contribution in [2.75, 3.05) is 11.9 Å². The first-order valence-corrected chi connectivity index (χ1v) is 5.50. The van der Waals surface area contributed by atoms with Crippen molar-refractivity contribution in [3.8, 4) is 11.8 Å². The molecule has 0 aliphatic carbocycles. The third-order valence-corrected chi connectivity index (χ3v) is 1.64. The van der Waals surface area contributed by atoms with Gasteiger partial charge in [-0.05, 0) is 12.8 Å². The number of hydrogen-bond donors (Lipinski definition) is 1. The summed E-state index contributed by atoms with van der Waals surface area (Å²) in [7, 11) is 0. The third kappa shape index (κ3) is 11.3. The van der Waals surface area contributed by atoms with E-state index in [9.17, 15) is 4.79 Å². The molecule has 0 spiro atoms. The number of nitrogens with two attached hydrogens (primary N) is 1. The lowest BCUT2D eigenvalue weighted by Gasteiger charge is -1.99. The van der Waals surface area contributed by atoms with Crippen LogP contribution in [-0.4, -0.2) is 18.0 Å². The monoisotopic (exact) mass is 263 g/mol. The van der Waals surface area contributed by atoms with Crippen molar-refractivity contribution < 1.29 is 14.6 Å². The van der Waals surface area contributed by atoms with Gasteiger partial charge in [-0.25, -0.2) is 4.79 Å². The Kier molecular flexibility index (Phi) is 9.81. The molecule has 0 saturated carbocycles. The van der Waals surface area contributed by atoms with E-state index in [4.69, 9.17) is 0 Å². The highest BCUT2D eigenvalue weighted by Gasteiger charge is 1.93. The zero-order chi connectivity index (χ0) is 10.6. The molecule has 0 rings (SSSR count). The van der Waals surface area contributed by atoms with Crippen molar-refractivity contribution >= 4 is 22.0 Å². The van der Waals surface area contributed by atoms with Gasteiger partial charge in [0, 0.05) is 6.42 Å². The van der Waals surface area contributed by atoms with Crippen LogP contribution < -0.4 is 5.73 Å². The van der Waals surface area contributed by atoms with E-state index < -0.39 is 6.09 Å². The molecular formula is C9H14BrNO3. The molecule has 0 aliphatic rings. The van der Waals surface area contributed by atoms with Crippen LogP contribution in [0.2, 0.25) is 0 Å². The number of halogens is 1. The minimum absolute atomic E-state index is 0.384. The first-order chi connectivity index (χ1) is 6.77. The van der Waals surface area contributed by atoms with Crippen molar-refractivity contribution in [1.29, 1.82) is 0 Å². The molecular weight excluding hydrogens is 250 g/mol. The van der Waals surface area contributed by atoms with Crippen LogP contribution in [0.5, 0.6) is 0 Å². The van der Waals surface area contributed by atoms with Crippen LogP contribution >= 0.6 is 15.9 Å². The Morgan fingerprint density at radius 1 is 1.29 bits per heavy atom. The Morgan fingerprint density at radius 2 is 2.07 bits per heavy atom. The predicted octanol–water partition coefficient (Wildman–Crippen LogP) is 1.97.